The number of ether oxygens (including phenoxy) is 2. The maximum absolute atomic E-state index is 14.9. The molecule has 0 unspecified atom stereocenters. The first-order valence-electron chi connectivity index (χ1n) is 10.4. The predicted molar refractivity (Wildman–Crippen MR) is 120 cm³/mol. The predicted octanol–water partition coefficient (Wildman–Crippen LogP) is 3.78. The highest BCUT2D eigenvalue weighted by atomic mass is 19.1. The van der Waals surface area contributed by atoms with Gasteiger partial charge in [-0.15, -0.1) is 0 Å². The van der Waals surface area contributed by atoms with Gasteiger partial charge >= 0.3 is 6.09 Å². The molecule has 34 heavy (non-hydrogen) atoms. The van der Waals surface area contributed by atoms with Crippen molar-refractivity contribution in [3.8, 4) is 22.6 Å². The topological polar surface area (TPSA) is 129 Å². The number of hydroxylamine groups is 1. The van der Waals surface area contributed by atoms with Gasteiger partial charge in [-0.05, 0) is 31.2 Å². The van der Waals surface area contributed by atoms with E-state index in [1.54, 1.807) is 24.4 Å². The lowest BCUT2D eigenvalue weighted by atomic mass is 9.95. The Labute approximate surface area is 193 Å². The van der Waals surface area contributed by atoms with Crippen molar-refractivity contribution in [2.45, 2.75) is 19.4 Å². The van der Waals surface area contributed by atoms with E-state index in [-0.39, 0.29) is 42.0 Å². The molecule has 0 radical (unpaired) electrons. The summed E-state index contributed by atoms with van der Waals surface area (Å²) in [5.74, 6) is -0.0254. The van der Waals surface area contributed by atoms with E-state index in [9.17, 15) is 14.3 Å². The highest BCUT2D eigenvalue weighted by Crippen LogP contribution is 2.44. The quantitative estimate of drug-likeness (QED) is 0.303. The third-order valence-corrected chi connectivity index (χ3v) is 5.84. The Morgan fingerprint density at radius 2 is 2.06 bits per heavy atom. The van der Waals surface area contributed by atoms with E-state index in [1.165, 1.54) is 6.07 Å². The fourth-order valence-corrected chi connectivity index (χ4v) is 4.27. The number of carboxylic acid groups (broad SMARTS) is 1. The Morgan fingerprint density at radius 1 is 1.26 bits per heavy atom. The molecular weight excluding hydrogens is 445 g/mol. The number of anilines is 1. The fourth-order valence-electron chi connectivity index (χ4n) is 4.27. The van der Waals surface area contributed by atoms with Crippen LogP contribution in [-0.4, -0.2) is 45.9 Å². The second-order valence-corrected chi connectivity index (χ2v) is 7.83. The Kier molecular flexibility index (Phi) is 5.46. The highest BCUT2D eigenvalue weighted by molar-refractivity contribution is 5.90. The van der Waals surface area contributed by atoms with Crippen LogP contribution in [0.3, 0.4) is 0 Å². The lowest BCUT2D eigenvalue weighted by Gasteiger charge is -2.22. The molecule has 0 saturated carbocycles. The first kappa shape index (κ1) is 21.6. The zero-order valence-corrected chi connectivity index (χ0v) is 18.0. The number of hydrogen-bond acceptors (Lipinski definition) is 7. The molecule has 3 aromatic rings. The molecule has 2 aromatic heterocycles. The van der Waals surface area contributed by atoms with E-state index < -0.39 is 11.9 Å². The maximum atomic E-state index is 14.9. The zero-order valence-electron chi connectivity index (χ0n) is 18.0. The summed E-state index contributed by atoms with van der Waals surface area (Å²) in [6.45, 7) is 1.95. The van der Waals surface area contributed by atoms with Crippen molar-refractivity contribution in [3.05, 3.63) is 59.2 Å². The Morgan fingerprint density at radius 3 is 2.79 bits per heavy atom. The molecule has 11 heteroatoms. The van der Waals surface area contributed by atoms with E-state index in [0.29, 0.717) is 34.7 Å². The van der Waals surface area contributed by atoms with Crippen molar-refractivity contribution < 1.29 is 29.0 Å². The van der Waals surface area contributed by atoms with Crippen LogP contribution in [0.25, 0.3) is 11.1 Å². The number of aliphatic imine (C=N–C) groups is 1. The molecular formula is C23H20FN5O5. The van der Waals surface area contributed by atoms with Crippen LogP contribution in [0.2, 0.25) is 0 Å². The average Bonchev–Trinajstić information content (AvgIpc) is 3.26. The normalized spacial score (nSPS) is 16.6. The third kappa shape index (κ3) is 3.65. The molecule has 3 N–H and O–H groups in total. The second kappa shape index (κ2) is 8.60. The first-order chi connectivity index (χ1) is 16.5. The van der Waals surface area contributed by atoms with Gasteiger partial charge in [0.1, 0.15) is 17.9 Å². The Bertz CT molecular complexity index is 1320. The van der Waals surface area contributed by atoms with Gasteiger partial charge in [0.2, 0.25) is 0 Å². The second-order valence-electron chi connectivity index (χ2n) is 7.83. The summed E-state index contributed by atoms with van der Waals surface area (Å²) in [7, 11) is 0. The molecule has 0 bridgehead atoms. The molecule has 5 rings (SSSR count). The van der Waals surface area contributed by atoms with Crippen LogP contribution in [0.15, 0.2) is 41.5 Å². The van der Waals surface area contributed by atoms with Gasteiger partial charge in [-0.1, -0.05) is 6.07 Å². The largest absolute Gasteiger partial charge is 0.493 e. The molecule has 2 aliphatic heterocycles. The number of benzene rings is 1. The van der Waals surface area contributed by atoms with Gasteiger partial charge < -0.3 is 14.6 Å². The lowest BCUT2D eigenvalue weighted by molar-refractivity contribution is 0.200. The summed E-state index contributed by atoms with van der Waals surface area (Å²) in [6.07, 6.45) is 1.32. The third-order valence-electron chi connectivity index (χ3n) is 5.84. The highest BCUT2D eigenvalue weighted by Gasteiger charge is 2.35. The van der Waals surface area contributed by atoms with Crippen LogP contribution in [0, 0.1) is 12.7 Å². The smallest absolute Gasteiger partial charge is 0.413 e. The summed E-state index contributed by atoms with van der Waals surface area (Å²) in [5.41, 5.74) is 4.56. The van der Waals surface area contributed by atoms with Crippen molar-refractivity contribution in [1.29, 1.82) is 0 Å². The molecule has 0 spiro atoms. The van der Waals surface area contributed by atoms with Gasteiger partial charge in [0.05, 0.1) is 25.7 Å². The number of hydrogen-bond donors (Lipinski definition) is 3. The minimum absolute atomic E-state index is 0.0409. The first-order valence-corrected chi connectivity index (χ1v) is 10.4. The van der Waals surface area contributed by atoms with Crippen LogP contribution in [0.4, 0.5) is 20.8 Å². The van der Waals surface area contributed by atoms with E-state index in [2.05, 4.69) is 15.0 Å². The van der Waals surface area contributed by atoms with E-state index in [4.69, 9.17) is 14.7 Å². The summed E-state index contributed by atoms with van der Waals surface area (Å²) in [5, 5.41) is 19.1. The molecule has 4 heterocycles. The summed E-state index contributed by atoms with van der Waals surface area (Å²) in [6, 6.07) is 8.02. The molecule has 1 atom stereocenters. The molecule has 2 aliphatic rings. The van der Waals surface area contributed by atoms with Gasteiger partial charge in [-0.2, -0.15) is 0 Å². The minimum Gasteiger partial charge on any atom is -0.493 e. The van der Waals surface area contributed by atoms with Crippen LogP contribution < -0.4 is 19.9 Å². The van der Waals surface area contributed by atoms with E-state index >= 15 is 0 Å². The number of halogens is 1. The number of fused-ring (bicyclic) bond motifs is 1. The van der Waals surface area contributed by atoms with Gasteiger partial charge in [-0.25, -0.2) is 19.2 Å². The van der Waals surface area contributed by atoms with Gasteiger partial charge in [-0.3, -0.25) is 20.6 Å². The lowest BCUT2D eigenvalue weighted by Crippen LogP contribution is -2.30. The molecule has 10 nitrogen and oxygen atoms in total. The van der Waals surface area contributed by atoms with Crippen LogP contribution in [0.5, 0.6) is 11.5 Å². The molecule has 1 aromatic carbocycles. The minimum atomic E-state index is -1.34. The molecule has 0 aliphatic carbocycles. The number of nitrogens with zero attached hydrogens (tertiary/aromatic N) is 4. The van der Waals surface area contributed by atoms with Crippen molar-refractivity contribution in [3.63, 3.8) is 0 Å². The zero-order chi connectivity index (χ0) is 23.8. The van der Waals surface area contributed by atoms with Gasteiger partial charge in [0.25, 0.3) is 0 Å². The summed E-state index contributed by atoms with van der Waals surface area (Å²) < 4.78 is 26.7. The van der Waals surface area contributed by atoms with Crippen LogP contribution in [-0.2, 0) is 6.54 Å². The number of rotatable bonds is 3. The van der Waals surface area contributed by atoms with E-state index in [0.717, 1.165) is 11.2 Å². The maximum Gasteiger partial charge on any atom is 0.413 e. The van der Waals surface area contributed by atoms with E-state index in [1.807, 2.05) is 18.5 Å². The van der Waals surface area contributed by atoms with Gasteiger partial charge in [0.15, 0.2) is 17.4 Å². The van der Waals surface area contributed by atoms with Crippen molar-refractivity contribution in [2.24, 2.45) is 4.99 Å². The van der Waals surface area contributed by atoms with Crippen molar-refractivity contribution in [1.82, 2.24) is 15.4 Å². The number of aryl methyl sites for hydroxylation is 1. The number of pyridine rings is 2. The number of nitrogens with one attached hydrogen (secondary N) is 1. The number of carbonyl (C=O) groups is 1. The molecule has 0 fully saturated rings. The Hall–Kier alpha value is -4.25. The standard InChI is InChI=1S/C23H20FN5O5/c1-12-14(3-2-6-25-12)15-7-19-22(28-21(15)26-11-27-32)29(23(30)31)8-16-17(24)4-5-18-20(16)13(9-33-18)10-34-19/h2-7,11,13,32H,8-10H2,1H3,(H,30,31)(H,26,27,28)/t13-/m1/s1. The average molecular weight is 465 g/mol. The number of aromatic nitrogens is 2. The molecule has 174 valence electrons. The van der Waals surface area contributed by atoms with Crippen LogP contribution >= 0.6 is 0 Å². The SMILES string of the molecule is Cc1ncccc1-c1cc2c(nc1/N=C\NO)N(C(=O)O)Cc1c(F)ccc3c1[C@@H](CO2)CO3. The number of amides is 1. The summed E-state index contributed by atoms with van der Waals surface area (Å²) in [4.78, 5) is 26.1. The summed E-state index contributed by atoms with van der Waals surface area (Å²) >= 11 is 0. The molecule has 1 amide bonds. The fraction of sp³-hybridized carbons (Fsp3) is 0.217. The van der Waals surface area contributed by atoms with Gasteiger partial charge in [0, 0.05) is 34.1 Å². The van der Waals surface area contributed by atoms with Crippen molar-refractivity contribution in [2.75, 3.05) is 18.1 Å². The van der Waals surface area contributed by atoms with Crippen molar-refractivity contribution >= 4 is 24.1 Å². The Balaban J connectivity index is 1.72. The van der Waals surface area contributed by atoms with Crippen LogP contribution in [0.1, 0.15) is 22.7 Å². The molecule has 0 saturated heterocycles. The monoisotopic (exact) mass is 465 g/mol.